The highest BCUT2D eigenvalue weighted by atomic mass is 16.5. The van der Waals surface area contributed by atoms with Crippen molar-refractivity contribution in [1.29, 1.82) is 0 Å². The molecule has 58 valence electrons. The molecule has 0 radical (unpaired) electrons. The van der Waals surface area contributed by atoms with Crippen LogP contribution in [0.4, 0.5) is 0 Å². The maximum Gasteiger partial charge on any atom is 0.306 e. The van der Waals surface area contributed by atoms with Crippen molar-refractivity contribution in [3.8, 4) is 0 Å². The Morgan fingerprint density at radius 1 is 1.70 bits per heavy atom. The lowest BCUT2D eigenvalue weighted by Gasteiger charge is -2.24. The molecule has 0 aromatic heterocycles. The molecule has 1 rings (SSSR count). The zero-order valence-corrected chi connectivity index (χ0v) is 6.04. The monoisotopic (exact) mass is 144 g/mol. The highest BCUT2D eigenvalue weighted by Gasteiger charge is 2.27. The van der Waals surface area contributed by atoms with E-state index in [9.17, 15) is 4.79 Å². The third-order valence-corrected chi connectivity index (χ3v) is 1.96. The summed E-state index contributed by atoms with van der Waals surface area (Å²) in [4.78, 5) is 10.5. The molecule has 0 bridgehead atoms. The Bertz CT molecular complexity index is 133. The van der Waals surface area contributed by atoms with E-state index in [4.69, 9.17) is 9.84 Å². The van der Waals surface area contributed by atoms with Gasteiger partial charge in [0.15, 0.2) is 0 Å². The zero-order chi connectivity index (χ0) is 7.56. The average molecular weight is 144 g/mol. The van der Waals surface area contributed by atoms with E-state index in [2.05, 4.69) is 0 Å². The van der Waals surface area contributed by atoms with Crippen LogP contribution in [0.15, 0.2) is 0 Å². The summed E-state index contributed by atoms with van der Waals surface area (Å²) in [7, 11) is 0. The number of aliphatic carboxylic acids is 1. The summed E-state index contributed by atoms with van der Waals surface area (Å²) in [5.74, 6) is -0.698. The van der Waals surface area contributed by atoms with Crippen LogP contribution in [-0.2, 0) is 9.53 Å². The minimum atomic E-state index is -0.684. The predicted octanol–water partition coefficient (Wildman–Crippen LogP) is 0.744. The number of hydrogen-bond donors (Lipinski definition) is 1. The van der Waals surface area contributed by atoms with Crippen LogP contribution in [-0.4, -0.2) is 24.3 Å². The lowest BCUT2D eigenvalue weighted by atomic mass is 9.90. The largest absolute Gasteiger partial charge is 0.481 e. The van der Waals surface area contributed by atoms with E-state index in [1.54, 1.807) is 0 Å². The summed E-state index contributed by atoms with van der Waals surface area (Å²) in [5, 5.41) is 8.65. The van der Waals surface area contributed by atoms with Gasteiger partial charge in [-0.2, -0.15) is 0 Å². The van der Waals surface area contributed by atoms with Crippen molar-refractivity contribution in [2.24, 2.45) is 11.8 Å². The van der Waals surface area contributed by atoms with Crippen LogP contribution >= 0.6 is 0 Å². The molecule has 1 heterocycles. The number of carboxylic acids is 1. The first-order valence-electron chi connectivity index (χ1n) is 3.52. The fourth-order valence-corrected chi connectivity index (χ4v) is 1.25. The quantitative estimate of drug-likeness (QED) is 0.590. The zero-order valence-electron chi connectivity index (χ0n) is 6.04. The molecule has 0 aromatic carbocycles. The van der Waals surface area contributed by atoms with E-state index in [1.165, 1.54) is 0 Å². The third kappa shape index (κ3) is 1.48. The Kier molecular flexibility index (Phi) is 2.27. The van der Waals surface area contributed by atoms with E-state index >= 15 is 0 Å². The summed E-state index contributed by atoms with van der Waals surface area (Å²) >= 11 is 0. The Hall–Kier alpha value is -0.570. The van der Waals surface area contributed by atoms with Crippen LogP contribution in [0, 0.1) is 11.8 Å². The normalized spacial score (nSPS) is 33.7. The molecule has 0 amide bonds. The summed E-state index contributed by atoms with van der Waals surface area (Å²) in [5.41, 5.74) is 0. The average Bonchev–Trinajstić information content (AvgIpc) is 1.88. The fraction of sp³-hybridized carbons (Fsp3) is 0.857. The van der Waals surface area contributed by atoms with Gasteiger partial charge < -0.3 is 9.84 Å². The molecule has 0 spiro atoms. The van der Waals surface area contributed by atoms with Gasteiger partial charge in [0.05, 0.1) is 5.92 Å². The molecule has 10 heavy (non-hydrogen) atoms. The molecule has 1 fully saturated rings. The molecule has 1 aliphatic heterocycles. The predicted molar refractivity (Wildman–Crippen MR) is 35.7 cm³/mol. The number of rotatable bonds is 1. The molecule has 3 nitrogen and oxygen atoms in total. The lowest BCUT2D eigenvalue weighted by molar-refractivity contribution is -0.147. The molecule has 1 saturated heterocycles. The van der Waals surface area contributed by atoms with E-state index in [-0.39, 0.29) is 11.8 Å². The number of hydrogen-bond acceptors (Lipinski definition) is 2. The SMILES string of the molecule is C[C@H]1COCC[C@H]1C(=O)O. The molecule has 3 heteroatoms. The van der Waals surface area contributed by atoms with Gasteiger partial charge in [0.2, 0.25) is 0 Å². The number of ether oxygens (including phenoxy) is 1. The molecular formula is C7H12O3. The van der Waals surface area contributed by atoms with Crippen LogP contribution in [0.1, 0.15) is 13.3 Å². The second-order valence-electron chi connectivity index (χ2n) is 2.79. The van der Waals surface area contributed by atoms with Crippen LogP contribution in [0.25, 0.3) is 0 Å². The van der Waals surface area contributed by atoms with Crippen molar-refractivity contribution in [3.05, 3.63) is 0 Å². The first-order valence-corrected chi connectivity index (χ1v) is 3.52. The van der Waals surface area contributed by atoms with Crippen molar-refractivity contribution in [2.75, 3.05) is 13.2 Å². The van der Waals surface area contributed by atoms with Crippen molar-refractivity contribution >= 4 is 5.97 Å². The second-order valence-corrected chi connectivity index (χ2v) is 2.79. The number of carboxylic acid groups (broad SMARTS) is 1. The minimum Gasteiger partial charge on any atom is -0.481 e. The first-order chi connectivity index (χ1) is 4.72. The molecule has 1 aliphatic rings. The second kappa shape index (κ2) is 3.01. The summed E-state index contributed by atoms with van der Waals surface area (Å²) in [6.07, 6.45) is 0.663. The van der Waals surface area contributed by atoms with Crippen molar-refractivity contribution < 1.29 is 14.6 Å². The van der Waals surface area contributed by atoms with Crippen molar-refractivity contribution in [2.45, 2.75) is 13.3 Å². The minimum absolute atomic E-state index is 0.172. The van der Waals surface area contributed by atoms with Gasteiger partial charge in [-0.3, -0.25) is 4.79 Å². The summed E-state index contributed by atoms with van der Waals surface area (Å²) in [6.45, 7) is 3.11. The molecule has 0 aromatic rings. The van der Waals surface area contributed by atoms with E-state index in [1.807, 2.05) is 6.92 Å². The highest BCUT2D eigenvalue weighted by Crippen LogP contribution is 2.20. The molecule has 0 saturated carbocycles. The lowest BCUT2D eigenvalue weighted by Crippen LogP contribution is -2.30. The van der Waals surface area contributed by atoms with Gasteiger partial charge in [-0.25, -0.2) is 0 Å². The molecule has 0 aliphatic carbocycles. The summed E-state index contributed by atoms with van der Waals surface area (Å²) < 4.78 is 5.10. The Labute approximate surface area is 60.0 Å². The summed E-state index contributed by atoms with van der Waals surface area (Å²) in [6, 6.07) is 0. The van der Waals surface area contributed by atoms with Crippen molar-refractivity contribution in [3.63, 3.8) is 0 Å². The van der Waals surface area contributed by atoms with Crippen molar-refractivity contribution in [1.82, 2.24) is 0 Å². The van der Waals surface area contributed by atoms with Gasteiger partial charge in [0.1, 0.15) is 0 Å². The first kappa shape index (κ1) is 7.54. The van der Waals surface area contributed by atoms with Gasteiger partial charge in [-0.15, -0.1) is 0 Å². The van der Waals surface area contributed by atoms with Gasteiger partial charge in [0, 0.05) is 13.2 Å². The van der Waals surface area contributed by atoms with E-state index in [0.717, 1.165) is 0 Å². The highest BCUT2D eigenvalue weighted by molar-refractivity contribution is 5.70. The third-order valence-electron chi connectivity index (χ3n) is 1.96. The Morgan fingerprint density at radius 3 is 2.80 bits per heavy atom. The molecule has 2 atom stereocenters. The molecule has 1 N–H and O–H groups in total. The van der Waals surface area contributed by atoms with Gasteiger partial charge >= 0.3 is 5.97 Å². The maximum absolute atomic E-state index is 10.5. The van der Waals surface area contributed by atoms with Gasteiger partial charge in [-0.05, 0) is 12.3 Å². The van der Waals surface area contributed by atoms with Crippen LogP contribution < -0.4 is 0 Å². The van der Waals surface area contributed by atoms with Gasteiger partial charge in [-0.1, -0.05) is 6.92 Å². The Balaban J connectivity index is 2.47. The van der Waals surface area contributed by atoms with Crippen LogP contribution in [0.3, 0.4) is 0 Å². The number of carbonyl (C=O) groups is 1. The smallest absolute Gasteiger partial charge is 0.306 e. The fourth-order valence-electron chi connectivity index (χ4n) is 1.25. The van der Waals surface area contributed by atoms with Crippen LogP contribution in [0.2, 0.25) is 0 Å². The van der Waals surface area contributed by atoms with Crippen LogP contribution in [0.5, 0.6) is 0 Å². The van der Waals surface area contributed by atoms with Gasteiger partial charge in [0.25, 0.3) is 0 Å². The molecule has 0 unspecified atom stereocenters. The Morgan fingerprint density at radius 2 is 2.40 bits per heavy atom. The maximum atomic E-state index is 10.5. The van der Waals surface area contributed by atoms with E-state index in [0.29, 0.717) is 19.6 Å². The van der Waals surface area contributed by atoms with E-state index < -0.39 is 5.97 Å². The standard InChI is InChI=1S/C7H12O3/c1-5-4-10-3-2-6(5)7(8)9/h5-6H,2-4H2,1H3,(H,8,9)/t5-,6+/m0/s1. The molecular weight excluding hydrogens is 132 g/mol. The topological polar surface area (TPSA) is 46.5 Å².